The highest BCUT2D eigenvalue weighted by atomic mass is 16.4. The van der Waals surface area contributed by atoms with Gasteiger partial charge in [0.1, 0.15) is 0 Å². The van der Waals surface area contributed by atoms with E-state index in [4.69, 9.17) is 5.11 Å². The SMILES string of the molecule is CCCCc1cc(=CCC(=O)O)[nH]c1=Cc1[nH]c(C)cc1CCC[N+](C)(C)C. The Morgan fingerprint density at radius 2 is 1.82 bits per heavy atom. The van der Waals surface area contributed by atoms with Crippen molar-refractivity contribution in [3.05, 3.63) is 45.3 Å². The van der Waals surface area contributed by atoms with Gasteiger partial charge in [-0.15, -0.1) is 0 Å². The molecule has 0 amide bonds. The fraction of sp³-hybridized carbons (Fsp3) is 0.522. The van der Waals surface area contributed by atoms with E-state index in [0.717, 1.165) is 59.5 Å². The third-order valence-electron chi connectivity index (χ3n) is 4.88. The first-order valence-corrected chi connectivity index (χ1v) is 10.3. The number of rotatable bonds is 10. The molecule has 3 N–H and O–H groups in total. The summed E-state index contributed by atoms with van der Waals surface area (Å²) in [7, 11) is 6.68. The summed E-state index contributed by atoms with van der Waals surface area (Å²) in [6.45, 7) is 5.43. The highest BCUT2D eigenvalue weighted by Gasteiger charge is 2.10. The van der Waals surface area contributed by atoms with Gasteiger partial charge in [0.2, 0.25) is 0 Å². The summed E-state index contributed by atoms with van der Waals surface area (Å²) in [6.07, 6.45) is 9.42. The molecule has 5 heteroatoms. The molecule has 0 saturated heterocycles. The minimum Gasteiger partial charge on any atom is -0.481 e. The maximum absolute atomic E-state index is 10.9. The number of aromatic nitrogens is 2. The zero-order valence-corrected chi connectivity index (χ0v) is 18.1. The van der Waals surface area contributed by atoms with Crippen LogP contribution in [0.2, 0.25) is 0 Å². The second-order valence-corrected chi connectivity index (χ2v) is 8.72. The number of carboxylic acid groups (broad SMARTS) is 1. The number of H-pyrrole nitrogens is 2. The Kier molecular flexibility index (Phi) is 7.69. The topological polar surface area (TPSA) is 68.9 Å². The highest BCUT2D eigenvalue weighted by molar-refractivity contribution is 5.72. The lowest BCUT2D eigenvalue weighted by Gasteiger charge is -2.23. The van der Waals surface area contributed by atoms with Crippen LogP contribution in [-0.2, 0) is 17.6 Å². The van der Waals surface area contributed by atoms with Crippen molar-refractivity contribution >= 4 is 18.1 Å². The largest absolute Gasteiger partial charge is 0.481 e. The van der Waals surface area contributed by atoms with Gasteiger partial charge in [-0.1, -0.05) is 13.3 Å². The number of nitrogens with zero attached hydrogens (tertiary/aromatic N) is 1. The Bertz CT molecular complexity index is 897. The quantitative estimate of drug-likeness (QED) is 0.550. The van der Waals surface area contributed by atoms with E-state index >= 15 is 0 Å². The van der Waals surface area contributed by atoms with Crippen molar-refractivity contribution < 1.29 is 14.4 Å². The van der Waals surface area contributed by atoms with Crippen LogP contribution in [0.1, 0.15) is 55.1 Å². The molecule has 0 saturated carbocycles. The van der Waals surface area contributed by atoms with Crippen molar-refractivity contribution in [2.75, 3.05) is 27.7 Å². The van der Waals surface area contributed by atoms with E-state index in [9.17, 15) is 4.79 Å². The van der Waals surface area contributed by atoms with Gasteiger partial charge in [-0.2, -0.15) is 0 Å². The van der Waals surface area contributed by atoms with Crippen LogP contribution in [0.4, 0.5) is 0 Å². The maximum Gasteiger partial charge on any atom is 0.307 e. The monoisotopic (exact) mass is 386 g/mol. The number of carbonyl (C=O) groups is 1. The van der Waals surface area contributed by atoms with Crippen LogP contribution in [0.15, 0.2) is 12.1 Å². The van der Waals surface area contributed by atoms with Crippen molar-refractivity contribution in [2.45, 2.75) is 52.4 Å². The molecule has 0 aliphatic carbocycles. The lowest BCUT2D eigenvalue weighted by atomic mass is 10.1. The standard InChI is InChI=1S/C23H35N3O2/c1-6-7-9-19-15-20(11-12-23(27)28)25-22(19)16-21-18(14-17(2)24-21)10-8-13-26(3,4)5/h11,14-16,24-25H,6-10,12-13H2,1-5H3/p+1. The molecule has 0 aromatic carbocycles. The van der Waals surface area contributed by atoms with E-state index in [2.05, 4.69) is 63.2 Å². The Morgan fingerprint density at radius 3 is 2.46 bits per heavy atom. The van der Waals surface area contributed by atoms with Gasteiger partial charge in [-0.05, 0) is 61.6 Å². The number of hydrogen-bond donors (Lipinski definition) is 3. The van der Waals surface area contributed by atoms with Crippen LogP contribution < -0.4 is 10.7 Å². The number of nitrogens with one attached hydrogen (secondary N) is 2. The van der Waals surface area contributed by atoms with E-state index in [-0.39, 0.29) is 6.42 Å². The third kappa shape index (κ3) is 7.04. The van der Waals surface area contributed by atoms with Gasteiger partial charge >= 0.3 is 5.97 Å². The van der Waals surface area contributed by atoms with Gasteiger partial charge < -0.3 is 19.6 Å². The maximum atomic E-state index is 10.9. The molecule has 0 spiro atoms. The molecule has 0 aliphatic rings. The van der Waals surface area contributed by atoms with Gasteiger partial charge in [0.15, 0.2) is 0 Å². The minimum absolute atomic E-state index is 0.0328. The molecular formula is C23H36N3O2+. The summed E-state index contributed by atoms with van der Waals surface area (Å²) in [6, 6.07) is 4.34. The molecule has 0 unspecified atom stereocenters. The molecule has 154 valence electrons. The van der Waals surface area contributed by atoms with E-state index in [1.54, 1.807) is 6.08 Å². The van der Waals surface area contributed by atoms with Gasteiger partial charge in [-0.3, -0.25) is 4.79 Å². The van der Waals surface area contributed by atoms with Gasteiger partial charge in [0.05, 0.1) is 34.1 Å². The molecule has 2 rings (SSSR count). The van der Waals surface area contributed by atoms with Crippen molar-refractivity contribution in [3.8, 4) is 0 Å². The van der Waals surface area contributed by atoms with E-state index in [1.165, 1.54) is 16.8 Å². The van der Waals surface area contributed by atoms with Gasteiger partial charge in [-0.25, -0.2) is 0 Å². The molecule has 2 aromatic rings. The number of quaternary nitrogens is 1. The lowest BCUT2D eigenvalue weighted by molar-refractivity contribution is -0.870. The first kappa shape index (κ1) is 22.0. The predicted octanol–water partition coefficient (Wildman–Crippen LogP) is 2.72. The molecule has 2 heterocycles. The van der Waals surface area contributed by atoms with Crippen LogP contribution in [0.5, 0.6) is 0 Å². The number of hydrogen-bond acceptors (Lipinski definition) is 1. The molecule has 0 radical (unpaired) electrons. The number of aromatic amines is 2. The van der Waals surface area contributed by atoms with E-state index < -0.39 is 5.97 Å². The molecule has 0 bridgehead atoms. The smallest absolute Gasteiger partial charge is 0.307 e. The second kappa shape index (κ2) is 9.78. The molecule has 5 nitrogen and oxygen atoms in total. The molecular weight excluding hydrogens is 350 g/mol. The van der Waals surface area contributed by atoms with Crippen molar-refractivity contribution in [1.29, 1.82) is 0 Å². The third-order valence-corrected chi connectivity index (χ3v) is 4.88. The van der Waals surface area contributed by atoms with Crippen molar-refractivity contribution in [2.24, 2.45) is 0 Å². The summed E-state index contributed by atoms with van der Waals surface area (Å²) in [5.74, 6) is -0.810. The summed E-state index contributed by atoms with van der Waals surface area (Å²) < 4.78 is 0.975. The van der Waals surface area contributed by atoms with Crippen LogP contribution in [0.25, 0.3) is 12.2 Å². The van der Waals surface area contributed by atoms with E-state index in [0.29, 0.717) is 0 Å². The van der Waals surface area contributed by atoms with Crippen molar-refractivity contribution in [3.63, 3.8) is 0 Å². The second-order valence-electron chi connectivity index (χ2n) is 8.72. The van der Waals surface area contributed by atoms with Crippen LogP contribution in [-0.4, -0.2) is 53.2 Å². The predicted molar refractivity (Wildman–Crippen MR) is 116 cm³/mol. The van der Waals surface area contributed by atoms with Gasteiger partial charge in [0.25, 0.3) is 0 Å². The first-order chi connectivity index (χ1) is 13.2. The fourth-order valence-electron chi connectivity index (χ4n) is 3.44. The van der Waals surface area contributed by atoms with Crippen LogP contribution in [0.3, 0.4) is 0 Å². The van der Waals surface area contributed by atoms with Crippen molar-refractivity contribution in [1.82, 2.24) is 9.97 Å². The molecule has 28 heavy (non-hydrogen) atoms. The Morgan fingerprint density at radius 1 is 1.11 bits per heavy atom. The average Bonchev–Trinajstić information content (AvgIpc) is 3.13. The van der Waals surface area contributed by atoms with Crippen LogP contribution >= 0.6 is 0 Å². The van der Waals surface area contributed by atoms with Crippen LogP contribution in [0, 0.1) is 6.92 Å². The molecule has 0 atom stereocenters. The minimum atomic E-state index is -0.810. The number of aryl methyl sites for hydroxylation is 3. The molecule has 2 aromatic heterocycles. The Hall–Kier alpha value is -2.27. The van der Waals surface area contributed by atoms with E-state index in [1.807, 2.05) is 0 Å². The zero-order valence-electron chi connectivity index (χ0n) is 18.1. The number of carboxylic acids is 1. The first-order valence-electron chi connectivity index (χ1n) is 10.3. The average molecular weight is 387 g/mol. The Labute approximate surface area is 168 Å². The fourth-order valence-corrected chi connectivity index (χ4v) is 3.44. The summed E-state index contributed by atoms with van der Waals surface area (Å²) in [5.41, 5.74) is 4.93. The summed E-state index contributed by atoms with van der Waals surface area (Å²) in [4.78, 5) is 17.8. The number of unbranched alkanes of at least 4 members (excludes halogenated alkanes) is 1. The molecule has 0 fully saturated rings. The zero-order chi connectivity index (χ0) is 20.7. The van der Waals surface area contributed by atoms with Gasteiger partial charge in [0, 0.05) is 28.5 Å². The lowest BCUT2D eigenvalue weighted by Crippen LogP contribution is -2.35. The Balaban J connectivity index is 2.35. The summed E-state index contributed by atoms with van der Waals surface area (Å²) >= 11 is 0. The highest BCUT2D eigenvalue weighted by Crippen LogP contribution is 2.14. The summed E-state index contributed by atoms with van der Waals surface area (Å²) in [5, 5.41) is 10.9. The normalized spacial score (nSPS) is 13.5. The molecule has 0 aliphatic heterocycles. The number of aliphatic carboxylic acids is 1.